The van der Waals surface area contributed by atoms with Crippen LogP contribution in [0.5, 0.6) is 0 Å². The Morgan fingerprint density at radius 3 is 2.93 bits per heavy atom. The quantitative estimate of drug-likeness (QED) is 0.722. The van der Waals surface area contributed by atoms with Crippen molar-refractivity contribution in [1.29, 1.82) is 0 Å². The molecule has 0 aromatic carbocycles. The predicted octanol–water partition coefficient (Wildman–Crippen LogP) is 1.14. The Kier molecular flexibility index (Phi) is 6.53. The van der Waals surface area contributed by atoms with E-state index < -0.39 is 5.82 Å². The van der Waals surface area contributed by atoms with Crippen LogP contribution in [-0.2, 0) is 4.74 Å². The summed E-state index contributed by atoms with van der Waals surface area (Å²) in [6.45, 7) is 7.61. The Bertz CT molecular complexity index is 916. The lowest BCUT2D eigenvalue weighted by Gasteiger charge is -2.32. The van der Waals surface area contributed by atoms with Crippen LogP contribution in [0.15, 0.2) is 17.1 Å². The second-order valence-corrected chi connectivity index (χ2v) is 7.79. The molecule has 0 radical (unpaired) electrons. The van der Waals surface area contributed by atoms with Crippen LogP contribution in [0, 0.1) is 12.7 Å². The van der Waals surface area contributed by atoms with Crippen LogP contribution in [0.25, 0.3) is 0 Å². The molecule has 0 aliphatic carbocycles. The zero-order valence-corrected chi connectivity index (χ0v) is 17.2. The van der Waals surface area contributed by atoms with Gasteiger partial charge in [-0.3, -0.25) is 4.79 Å². The number of aryl methyl sites for hydroxylation is 1. The number of aromatic nitrogens is 4. The topological polar surface area (TPSA) is 99.3 Å². The van der Waals surface area contributed by atoms with Crippen LogP contribution in [0.2, 0.25) is 0 Å². The highest BCUT2D eigenvalue weighted by Crippen LogP contribution is 2.24. The molecule has 4 heterocycles. The zero-order valence-electron chi connectivity index (χ0n) is 17.2. The number of ether oxygens (including phenoxy) is 1. The van der Waals surface area contributed by atoms with Crippen molar-refractivity contribution in [1.82, 2.24) is 24.8 Å². The van der Waals surface area contributed by atoms with Crippen molar-refractivity contribution >= 4 is 11.8 Å². The third-order valence-corrected chi connectivity index (χ3v) is 5.55. The van der Waals surface area contributed by atoms with Gasteiger partial charge in [0.05, 0.1) is 25.1 Å². The summed E-state index contributed by atoms with van der Waals surface area (Å²) in [5.41, 5.74) is 0.748. The van der Waals surface area contributed by atoms with Gasteiger partial charge in [-0.15, -0.1) is 0 Å². The van der Waals surface area contributed by atoms with Crippen molar-refractivity contribution in [3.05, 3.63) is 40.0 Å². The highest BCUT2D eigenvalue weighted by atomic mass is 19.1. The van der Waals surface area contributed by atoms with E-state index in [4.69, 9.17) is 4.74 Å². The average Bonchev–Trinajstić information content (AvgIpc) is 2.75. The lowest BCUT2D eigenvalue weighted by atomic mass is 9.94. The fourth-order valence-electron chi connectivity index (χ4n) is 4.04. The average molecular weight is 417 g/mol. The van der Waals surface area contributed by atoms with E-state index in [1.807, 2.05) is 4.90 Å². The maximum absolute atomic E-state index is 14.2. The number of hydrogen-bond acceptors (Lipinski definition) is 8. The molecule has 9 nitrogen and oxygen atoms in total. The Labute approximate surface area is 174 Å². The van der Waals surface area contributed by atoms with Crippen LogP contribution in [0.4, 0.5) is 16.2 Å². The van der Waals surface area contributed by atoms with Crippen molar-refractivity contribution < 1.29 is 9.13 Å². The summed E-state index contributed by atoms with van der Waals surface area (Å²) >= 11 is 0. The summed E-state index contributed by atoms with van der Waals surface area (Å²) in [6.07, 6.45) is 3.28. The number of aromatic amines is 1. The molecule has 1 unspecified atom stereocenters. The van der Waals surface area contributed by atoms with Gasteiger partial charge < -0.3 is 24.8 Å². The first-order chi connectivity index (χ1) is 14.6. The van der Waals surface area contributed by atoms with Gasteiger partial charge in [0.15, 0.2) is 11.6 Å². The molecule has 162 valence electrons. The molecule has 2 aliphatic rings. The van der Waals surface area contributed by atoms with Gasteiger partial charge in [0.25, 0.3) is 5.56 Å². The number of nitrogens with zero attached hydrogens (tertiary/aromatic N) is 5. The van der Waals surface area contributed by atoms with Gasteiger partial charge in [0, 0.05) is 44.7 Å². The molecule has 0 spiro atoms. The predicted molar refractivity (Wildman–Crippen MR) is 112 cm³/mol. The summed E-state index contributed by atoms with van der Waals surface area (Å²) < 4.78 is 19.5. The van der Waals surface area contributed by atoms with E-state index in [9.17, 15) is 9.18 Å². The van der Waals surface area contributed by atoms with Crippen LogP contribution in [0.1, 0.15) is 30.3 Å². The maximum Gasteiger partial charge on any atom is 0.251 e. The Balaban J connectivity index is 1.33. The largest absolute Gasteiger partial charge is 0.378 e. The molecule has 0 saturated carbocycles. The lowest BCUT2D eigenvalue weighted by molar-refractivity contribution is 0.122. The fourth-order valence-corrected chi connectivity index (χ4v) is 4.04. The molecule has 10 heteroatoms. The van der Waals surface area contributed by atoms with E-state index in [2.05, 4.69) is 30.2 Å². The van der Waals surface area contributed by atoms with Gasteiger partial charge in [0.1, 0.15) is 5.82 Å². The standard InChI is InChI=1S/C20H28FN7O2/c1-14-24-17(11-18(29)25-14)15-3-2-5-27(13-15)6-4-22-19-16(21)12-23-20(26-19)28-7-9-30-10-8-28/h11-12,15H,2-10,13H2,1H3,(H,22,23,26)(H,24,25,29). The molecule has 0 bridgehead atoms. The molecule has 2 aromatic rings. The van der Waals surface area contributed by atoms with Gasteiger partial charge in [0.2, 0.25) is 5.95 Å². The number of likely N-dealkylation sites (tertiary alicyclic amines) is 1. The third kappa shape index (κ3) is 5.11. The number of nitrogens with one attached hydrogen (secondary N) is 2. The first-order valence-electron chi connectivity index (χ1n) is 10.5. The van der Waals surface area contributed by atoms with E-state index >= 15 is 0 Å². The number of rotatable bonds is 6. The molecule has 2 saturated heterocycles. The van der Waals surface area contributed by atoms with Gasteiger partial charge in [-0.2, -0.15) is 4.98 Å². The minimum atomic E-state index is -0.452. The molecule has 2 fully saturated rings. The summed E-state index contributed by atoms with van der Waals surface area (Å²) in [5, 5.41) is 3.12. The number of H-pyrrole nitrogens is 1. The highest BCUT2D eigenvalue weighted by Gasteiger charge is 2.23. The number of morpholine rings is 1. The van der Waals surface area contributed by atoms with Crippen molar-refractivity contribution in [2.45, 2.75) is 25.7 Å². The second-order valence-electron chi connectivity index (χ2n) is 7.79. The minimum absolute atomic E-state index is 0.105. The lowest BCUT2D eigenvalue weighted by Crippen LogP contribution is -2.38. The van der Waals surface area contributed by atoms with E-state index in [0.29, 0.717) is 44.6 Å². The Hall–Kier alpha value is -2.59. The summed E-state index contributed by atoms with van der Waals surface area (Å²) in [4.78, 5) is 31.8. The summed E-state index contributed by atoms with van der Waals surface area (Å²) in [7, 11) is 0. The minimum Gasteiger partial charge on any atom is -0.378 e. The molecular formula is C20H28FN7O2. The number of hydrogen-bond donors (Lipinski definition) is 2. The first kappa shape index (κ1) is 20.7. The van der Waals surface area contributed by atoms with Crippen molar-refractivity contribution in [3.63, 3.8) is 0 Å². The monoisotopic (exact) mass is 417 g/mol. The van der Waals surface area contributed by atoms with E-state index in [1.54, 1.807) is 13.0 Å². The Morgan fingerprint density at radius 1 is 1.30 bits per heavy atom. The zero-order chi connectivity index (χ0) is 20.9. The first-order valence-corrected chi connectivity index (χ1v) is 10.5. The van der Waals surface area contributed by atoms with Crippen molar-refractivity contribution in [3.8, 4) is 0 Å². The van der Waals surface area contributed by atoms with E-state index in [-0.39, 0.29) is 17.3 Å². The second kappa shape index (κ2) is 9.48. The smallest absolute Gasteiger partial charge is 0.251 e. The SMILES string of the molecule is Cc1nc(C2CCCN(CCNc3nc(N4CCOCC4)ncc3F)C2)cc(=O)[nH]1. The maximum atomic E-state index is 14.2. The number of halogens is 1. The van der Waals surface area contributed by atoms with Gasteiger partial charge in [-0.1, -0.05) is 0 Å². The molecule has 1 atom stereocenters. The molecule has 2 aromatic heterocycles. The van der Waals surface area contributed by atoms with Gasteiger partial charge >= 0.3 is 0 Å². The van der Waals surface area contributed by atoms with Crippen LogP contribution >= 0.6 is 0 Å². The van der Waals surface area contributed by atoms with Crippen molar-refractivity contribution in [2.75, 3.05) is 62.7 Å². The normalized spacial score (nSPS) is 20.3. The number of anilines is 2. The molecule has 30 heavy (non-hydrogen) atoms. The molecule has 4 rings (SSSR count). The molecular weight excluding hydrogens is 389 g/mol. The van der Waals surface area contributed by atoms with E-state index in [0.717, 1.165) is 38.2 Å². The third-order valence-electron chi connectivity index (χ3n) is 5.55. The number of piperidine rings is 1. The highest BCUT2D eigenvalue weighted by molar-refractivity contribution is 5.42. The van der Waals surface area contributed by atoms with Gasteiger partial charge in [-0.05, 0) is 26.3 Å². The molecule has 2 N–H and O–H groups in total. The van der Waals surface area contributed by atoms with Crippen LogP contribution < -0.4 is 15.8 Å². The Morgan fingerprint density at radius 2 is 2.13 bits per heavy atom. The fraction of sp³-hybridized carbons (Fsp3) is 0.600. The summed E-state index contributed by atoms with van der Waals surface area (Å²) in [5.74, 6) is 1.18. The van der Waals surface area contributed by atoms with Crippen LogP contribution in [0.3, 0.4) is 0 Å². The van der Waals surface area contributed by atoms with Gasteiger partial charge in [-0.25, -0.2) is 14.4 Å². The molecule has 2 aliphatic heterocycles. The molecule has 0 amide bonds. The summed E-state index contributed by atoms with van der Waals surface area (Å²) in [6, 6.07) is 1.60. The van der Waals surface area contributed by atoms with Crippen LogP contribution in [-0.4, -0.2) is 77.3 Å². The van der Waals surface area contributed by atoms with Crippen molar-refractivity contribution in [2.24, 2.45) is 0 Å². The van der Waals surface area contributed by atoms with E-state index in [1.165, 1.54) is 6.20 Å².